The number of pyridine rings is 1. The molecule has 0 unspecified atom stereocenters. The Bertz CT molecular complexity index is 707. The van der Waals surface area contributed by atoms with Crippen LogP contribution in [0.3, 0.4) is 0 Å². The van der Waals surface area contributed by atoms with Crippen molar-refractivity contribution < 1.29 is 8.42 Å². The molecule has 0 saturated carbocycles. The second-order valence-corrected chi connectivity index (χ2v) is 6.14. The van der Waals surface area contributed by atoms with Crippen molar-refractivity contribution in [2.75, 3.05) is 17.1 Å². The van der Waals surface area contributed by atoms with Crippen molar-refractivity contribution in [1.82, 2.24) is 4.98 Å². The van der Waals surface area contributed by atoms with Crippen molar-refractivity contribution in [3.05, 3.63) is 47.8 Å². The van der Waals surface area contributed by atoms with Crippen LogP contribution in [-0.2, 0) is 10.0 Å². The Hall–Kier alpha value is -2.08. The lowest BCUT2D eigenvalue weighted by molar-refractivity contribution is 0.601. The molecule has 20 heavy (non-hydrogen) atoms. The molecule has 106 valence electrons. The monoisotopic (exact) mass is 291 g/mol. The molecular formula is C14H17N3O2S. The van der Waals surface area contributed by atoms with Gasteiger partial charge in [0.25, 0.3) is 10.0 Å². The van der Waals surface area contributed by atoms with Gasteiger partial charge in [-0.2, -0.15) is 0 Å². The van der Waals surface area contributed by atoms with E-state index < -0.39 is 10.0 Å². The molecule has 1 aromatic heterocycles. The van der Waals surface area contributed by atoms with E-state index in [-0.39, 0.29) is 4.90 Å². The molecule has 2 N–H and O–H groups in total. The number of nitrogens with zero attached hydrogens (tertiary/aromatic N) is 1. The van der Waals surface area contributed by atoms with Crippen LogP contribution in [0.15, 0.2) is 41.6 Å². The Balaban J connectivity index is 2.47. The van der Waals surface area contributed by atoms with Gasteiger partial charge >= 0.3 is 0 Å². The van der Waals surface area contributed by atoms with Crippen LogP contribution in [0.5, 0.6) is 0 Å². The van der Waals surface area contributed by atoms with E-state index in [2.05, 4.69) is 15.0 Å². The second kappa shape index (κ2) is 5.50. The van der Waals surface area contributed by atoms with Crippen LogP contribution in [0.25, 0.3) is 0 Å². The molecule has 0 aliphatic carbocycles. The van der Waals surface area contributed by atoms with Gasteiger partial charge in [0, 0.05) is 19.4 Å². The molecule has 0 aliphatic heterocycles. The molecule has 0 saturated heterocycles. The van der Waals surface area contributed by atoms with Crippen LogP contribution < -0.4 is 10.0 Å². The molecule has 0 aliphatic rings. The van der Waals surface area contributed by atoms with Gasteiger partial charge < -0.3 is 5.32 Å². The summed E-state index contributed by atoms with van der Waals surface area (Å²) in [5.41, 5.74) is 2.88. The third kappa shape index (κ3) is 2.75. The quantitative estimate of drug-likeness (QED) is 0.908. The van der Waals surface area contributed by atoms with Gasteiger partial charge in [-0.05, 0) is 31.0 Å². The molecule has 2 aromatic rings. The van der Waals surface area contributed by atoms with E-state index in [0.717, 1.165) is 11.1 Å². The van der Waals surface area contributed by atoms with E-state index in [1.165, 1.54) is 6.20 Å². The first-order chi connectivity index (χ1) is 9.45. The third-order valence-electron chi connectivity index (χ3n) is 3.06. The van der Waals surface area contributed by atoms with Gasteiger partial charge in [-0.15, -0.1) is 0 Å². The summed E-state index contributed by atoms with van der Waals surface area (Å²) in [6.45, 7) is 3.74. The number of hydrogen-bond acceptors (Lipinski definition) is 4. The van der Waals surface area contributed by atoms with Gasteiger partial charge in [-0.3, -0.25) is 9.71 Å². The Morgan fingerprint density at radius 1 is 1.10 bits per heavy atom. The fourth-order valence-corrected chi connectivity index (χ4v) is 3.33. The number of anilines is 2. The molecular weight excluding hydrogens is 274 g/mol. The first-order valence-electron chi connectivity index (χ1n) is 6.16. The van der Waals surface area contributed by atoms with Gasteiger partial charge in [0.1, 0.15) is 4.90 Å². The van der Waals surface area contributed by atoms with Crippen LogP contribution in [0.4, 0.5) is 11.4 Å². The third-order valence-corrected chi connectivity index (χ3v) is 4.44. The topological polar surface area (TPSA) is 71.1 Å². The highest BCUT2D eigenvalue weighted by molar-refractivity contribution is 7.92. The van der Waals surface area contributed by atoms with Crippen LogP contribution in [-0.4, -0.2) is 20.4 Å². The van der Waals surface area contributed by atoms with Gasteiger partial charge in [0.05, 0.1) is 11.4 Å². The summed E-state index contributed by atoms with van der Waals surface area (Å²) in [6.07, 6.45) is 2.88. The van der Waals surface area contributed by atoms with Gasteiger partial charge in [-0.25, -0.2) is 8.42 Å². The average molecular weight is 291 g/mol. The summed E-state index contributed by atoms with van der Waals surface area (Å²) in [4.78, 5) is 4.02. The largest absolute Gasteiger partial charge is 0.387 e. The molecule has 0 bridgehead atoms. The minimum absolute atomic E-state index is 0.130. The first kappa shape index (κ1) is 14.3. The van der Waals surface area contributed by atoms with Crippen molar-refractivity contribution in [3.63, 3.8) is 0 Å². The zero-order valence-corrected chi connectivity index (χ0v) is 12.5. The predicted octanol–water partition coefficient (Wildman–Crippen LogP) is 2.54. The Labute approximate surface area is 119 Å². The van der Waals surface area contributed by atoms with Gasteiger partial charge in [-0.1, -0.05) is 18.2 Å². The highest BCUT2D eigenvalue weighted by atomic mass is 32.2. The maximum atomic E-state index is 12.5. The normalized spacial score (nSPS) is 11.2. The lowest BCUT2D eigenvalue weighted by atomic mass is 10.1. The number of benzene rings is 1. The fraction of sp³-hybridized carbons (Fsp3) is 0.214. The molecule has 1 heterocycles. The maximum absolute atomic E-state index is 12.5. The Kier molecular flexibility index (Phi) is 3.94. The summed E-state index contributed by atoms with van der Waals surface area (Å²) in [7, 11) is -2.00. The number of aryl methyl sites for hydroxylation is 2. The molecule has 2 rings (SSSR count). The van der Waals surface area contributed by atoms with E-state index in [1.807, 2.05) is 32.0 Å². The lowest BCUT2D eigenvalue weighted by Gasteiger charge is -2.14. The van der Waals surface area contributed by atoms with Gasteiger partial charge in [0.2, 0.25) is 0 Å². The second-order valence-electron chi connectivity index (χ2n) is 4.49. The van der Waals surface area contributed by atoms with Crippen molar-refractivity contribution in [2.24, 2.45) is 0 Å². The van der Waals surface area contributed by atoms with Crippen LogP contribution in [0.1, 0.15) is 11.1 Å². The zero-order valence-electron chi connectivity index (χ0n) is 11.6. The standard InChI is InChI=1S/C14H17N3O2S/c1-10-5-4-6-11(2)14(10)17-20(18,19)13-9-16-8-7-12(13)15-3/h4-9,17H,1-3H3,(H,15,16). The first-order valence-corrected chi connectivity index (χ1v) is 7.65. The van der Waals surface area contributed by atoms with Crippen molar-refractivity contribution >= 4 is 21.4 Å². The van der Waals surface area contributed by atoms with Crippen molar-refractivity contribution in [2.45, 2.75) is 18.7 Å². The minimum atomic E-state index is -3.68. The lowest BCUT2D eigenvalue weighted by Crippen LogP contribution is -2.16. The smallest absolute Gasteiger partial charge is 0.265 e. The Morgan fingerprint density at radius 3 is 2.35 bits per heavy atom. The van der Waals surface area contributed by atoms with Crippen molar-refractivity contribution in [1.29, 1.82) is 0 Å². The van der Waals surface area contributed by atoms with E-state index in [9.17, 15) is 8.42 Å². The predicted molar refractivity (Wildman–Crippen MR) is 80.5 cm³/mol. The van der Waals surface area contributed by atoms with E-state index in [1.54, 1.807) is 19.3 Å². The molecule has 0 spiro atoms. The Morgan fingerprint density at radius 2 is 1.75 bits per heavy atom. The van der Waals surface area contributed by atoms with Crippen molar-refractivity contribution in [3.8, 4) is 0 Å². The molecule has 0 atom stereocenters. The molecule has 1 aromatic carbocycles. The number of sulfonamides is 1. The summed E-state index contributed by atoms with van der Waals surface area (Å²) >= 11 is 0. The number of hydrogen-bond donors (Lipinski definition) is 2. The number of aromatic nitrogens is 1. The average Bonchev–Trinajstić information content (AvgIpc) is 2.43. The number of para-hydroxylation sites is 1. The van der Waals surface area contributed by atoms with E-state index in [4.69, 9.17) is 0 Å². The SMILES string of the molecule is CNc1ccncc1S(=O)(=O)Nc1c(C)cccc1C. The zero-order chi connectivity index (χ0) is 14.8. The molecule has 6 heteroatoms. The van der Waals surface area contributed by atoms with Crippen LogP contribution in [0.2, 0.25) is 0 Å². The highest BCUT2D eigenvalue weighted by Gasteiger charge is 2.20. The van der Waals surface area contributed by atoms with E-state index in [0.29, 0.717) is 11.4 Å². The summed E-state index contributed by atoms with van der Waals surface area (Å²) in [5, 5.41) is 2.86. The minimum Gasteiger partial charge on any atom is -0.387 e. The van der Waals surface area contributed by atoms with Crippen LogP contribution >= 0.6 is 0 Å². The summed E-state index contributed by atoms with van der Waals surface area (Å²) in [6, 6.07) is 7.25. The molecule has 5 nitrogen and oxygen atoms in total. The number of nitrogens with one attached hydrogen (secondary N) is 2. The van der Waals surface area contributed by atoms with E-state index >= 15 is 0 Å². The van der Waals surface area contributed by atoms with Crippen LogP contribution in [0, 0.1) is 13.8 Å². The summed E-state index contributed by atoms with van der Waals surface area (Å²) in [5.74, 6) is 0. The molecule has 0 radical (unpaired) electrons. The fourth-order valence-electron chi connectivity index (χ4n) is 1.97. The van der Waals surface area contributed by atoms with Gasteiger partial charge in [0.15, 0.2) is 0 Å². The molecule has 0 fully saturated rings. The molecule has 0 amide bonds. The highest BCUT2D eigenvalue weighted by Crippen LogP contribution is 2.26. The number of rotatable bonds is 4. The maximum Gasteiger partial charge on any atom is 0.265 e. The summed E-state index contributed by atoms with van der Waals surface area (Å²) < 4.78 is 27.6.